The van der Waals surface area contributed by atoms with Crippen molar-refractivity contribution in [1.29, 1.82) is 0 Å². The number of likely N-dealkylation sites (N-methyl/N-ethyl adjacent to an activating group) is 1. The molecule has 1 fully saturated rings. The van der Waals surface area contributed by atoms with Crippen LogP contribution < -0.4 is 5.32 Å². The van der Waals surface area contributed by atoms with Gasteiger partial charge in [0.2, 0.25) is 5.91 Å². The van der Waals surface area contributed by atoms with Crippen molar-refractivity contribution < 1.29 is 14.3 Å². The number of hydrogen-bond acceptors (Lipinski definition) is 4. The van der Waals surface area contributed by atoms with Crippen LogP contribution in [-0.2, 0) is 9.53 Å². The number of aryl methyl sites for hydroxylation is 1. The molecule has 26 heavy (non-hydrogen) atoms. The molecule has 7 heteroatoms. The third-order valence-electron chi connectivity index (χ3n) is 5.24. The van der Waals surface area contributed by atoms with Gasteiger partial charge in [0.1, 0.15) is 5.54 Å². The summed E-state index contributed by atoms with van der Waals surface area (Å²) in [5.74, 6) is -0.0321. The number of carbonyl (C=O) groups excluding carboxylic acids is 2. The van der Waals surface area contributed by atoms with E-state index in [1.807, 2.05) is 45.0 Å². The Bertz CT molecular complexity index is 683. The number of amides is 2. The van der Waals surface area contributed by atoms with Crippen molar-refractivity contribution in [3.63, 3.8) is 0 Å². The van der Waals surface area contributed by atoms with Crippen molar-refractivity contribution in [3.8, 4) is 0 Å². The van der Waals surface area contributed by atoms with Gasteiger partial charge in [-0.1, -0.05) is 22.0 Å². The summed E-state index contributed by atoms with van der Waals surface area (Å²) in [7, 11) is 3.83. The minimum Gasteiger partial charge on any atom is -0.450 e. The third kappa shape index (κ3) is 4.04. The van der Waals surface area contributed by atoms with E-state index in [2.05, 4.69) is 21.2 Å². The molecule has 1 aromatic carbocycles. The van der Waals surface area contributed by atoms with Crippen molar-refractivity contribution in [1.82, 2.24) is 9.80 Å². The van der Waals surface area contributed by atoms with Gasteiger partial charge in [-0.15, -0.1) is 0 Å². The molecule has 1 aromatic rings. The van der Waals surface area contributed by atoms with Gasteiger partial charge in [-0.3, -0.25) is 9.69 Å². The van der Waals surface area contributed by atoms with Gasteiger partial charge in [-0.25, -0.2) is 4.79 Å². The number of nitrogens with one attached hydrogen (secondary N) is 1. The normalized spacial score (nSPS) is 16.5. The second kappa shape index (κ2) is 8.39. The number of halogens is 1. The standard InChI is InChI=1S/C19H28BrN3O3/c1-6-26-18(25)23-11-9-19(10-12-23,22(4)5)17(24)21-16-13(2)7-8-15(20)14(16)3/h7-8H,6,9-12H2,1-5H3,(H,21,24). The lowest BCUT2D eigenvalue weighted by Crippen LogP contribution is -2.60. The summed E-state index contributed by atoms with van der Waals surface area (Å²) in [4.78, 5) is 28.8. The molecule has 1 aliphatic rings. The monoisotopic (exact) mass is 425 g/mol. The molecule has 1 heterocycles. The SMILES string of the molecule is CCOC(=O)N1CCC(C(=O)Nc2c(C)ccc(Br)c2C)(N(C)C)CC1. The van der Waals surface area contributed by atoms with E-state index in [1.54, 1.807) is 11.8 Å². The predicted molar refractivity (Wildman–Crippen MR) is 106 cm³/mol. The van der Waals surface area contributed by atoms with Gasteiger partial charge in [0.15, 0.2) is 0 Å². The highest BCUT2D eigenvalue weighted by Crippen LogP contribution is 2.32. The highest BCUT2D eigenvalue weighted by atomic mass is 79.9. The lowest BCUT2D eigenvalue weighted by molar-refractivity contribution is -0.129. The lowest BCUT2D eigenvalue weighted by Gasteiger charge is -2.44. The molecule has 1 N–H and O–H groups in total. The van der Waals surface area contributed by atoms with E-state index in [9.17, 15) is 9.59 Å². The van der Waals surface area contributed by atoms with Crippen LogP contribution in [0.2, 0.25) is 0 Å². The van der Waals surface area contributed by atoms with Crippen molar-refractivity contribution in [2.45, 2.75) is 39.2 Å². The van der Waals surface area contributed by atoms with E-state index in [4.69, 9.17) is 4.74 Å². The Morgan fingerprint density at radius 3 is 2.42 bits per heavy atom. The second-order valence-corrected chi connectivity index (χ2v) is 7.78. The summed E-state index contributed by atoms with van der Waals surface area (Å²) in [6, 6.07) is 3.97. The quantitative estimate of drug-likeness (QED) is 0.800. The molecule has 0 aromatic heterocycles. The first-order valence-electron chi connectivity index (χ1n) is 8.89. The number of benzene rings is 1. The Hall–Kier alpha value is -1.60. The fourth-order valence-electron chi connectivity index (χ4n) is 3.40. The molecule has 0 bridgehead atoms. The Labute approximate surface area is 164 Å². The van der Waals surface area contributed by atoms with Crippen molar-refractivity contribution in [2.75, 3.05) is 39.1 Å². The summed E-state index contributed by atoms with van der Waals surface area (Å²) < 4.78 is 6.05. The number of carbonyl (C=O) groups is 2. The van der Waals surface area contributed by atoms with Gasteiger partial charge in [-0.05, 0) is 64.9 Å². The minimum absolute atomic E-state index is 0.0321. The van der Waals surface area contributed by atoms with Crippen LogP contribution in [0.15, 0.2) is 16.6 Å². The zero-order valence-electron chi connectivity index (χ0n) is 16.2. The van der Waals surface area contributed by atoms with Crippen LogP contribution in [0.5, 0.6) is 0 Å². The molecule has 2 amide bonds. The van der Waals surface area contributed by atoms with Crippen LogP contribution in [0.4, 0.5) is 10.5 Å². The van der Waals surface area contributed by atoms with Crippen molar-refractivity contribution >= 4 is 33.6 Å². The molecule has 0 aliphatic carbocycles. The Kier molecular flexibility index (Phi) is 6.69. The molecular weight excluding hydrogens is 398 g/mol. The first-order valence-corrected chi connectivity index (χ1v) is 9.68. The van der Waals surface area contributed by atoms with E-state index < -0.39 is 5.54 Å². The highest BCUT2D eigenvalue weighted by Gasteiger charge is 2.44. The van der Waals surface area contributed by atoms with Crippen LogP contribution in [0.3, 0.4) is 0 Å². The summed E-state index contributed by atoms with van der Waals surface area (Å²) >= 11 is 3.53. The van der Waals surface area contributed by atoms with Crippen LogP contribution in [0, 0.1) is 13.8 Å². The maximum atomic E-state index is 13.2. The molecule has 0 atom stereocenters. The fraction of sp³-hybridized carbons (Fsp3) is 0.579. The zero-order valence-corrected chi connectivity index (χ0v) is 17.8. The Morgan fingerprint density at radius 2 is 1.88 bits per heavy atom. The van der Waals surface area contributed by atoms with Gasteiger partial charge in [0, 0.05) is 23.2 Å². The first kappa shape index (κ1) is 20.7. The second-order valence-electron chi connectivity index (χ2n) is 6.93. The fourth-order valence-corrected chi connectivity index (χ4v) is 3.73. The summed E-state index contributed by atoms with van der Waals surface area (Å²) in [6.45, 7) is 7.12. The average Bonchev–Trinajstić information content (AvgIpc) is 2.61. The maximum Gasteiger partial charge on any atom is 0.409 e. The van der Waals surface area contributed by atoms with Crippen LogP contribution in [0.25, 0.3) is 0 Å². The third-order valence-corrected chi connectivity index (χ3v) is 6.10. The number of piperidine rings is 1. The van der Waals surface area contributed by atoms with Gasteiger partial charge in [-0.2, -0.15) is 0 Å². The van der Waals surface area contributed by atoms with Crippen LogP contribution >= 0.6 is 15.9 Å². The molecule has 6 nitrogen and oxygen atoms in total. The predicted octanol–water partition coefficient (Wildman–Crippen LogP) is 3.56. The van der Waals surface area contributed by atoms with Gasteiger partial charge in [0.25, 0.3) is 0 Å². The molecule has 2 rings (SSSR count). The summed E-state index contributed by atoms with van der Waals surface area (Å²) in [5.41, 5.74) is 2.23. The first-order chi connectivity index (χ1) is 12.2. The number of likely N-dealkylation sites (tertiary alicyclic amines) is 1. The molecular formula is C19H28BrN3O3. The smallest absolute Gasteiger partial charge is 0.409 e. The van der Waals surface area contributed by atoms with Gasteiger partial charge < -0.3 is 15.0 Å². The van der Waals surface area contributed by atoms with E-state index in [1.165, 1.54) is 0 Å². The topological polar surface area (TPSA) is 61.9 Å². The molecule has 0 spiro atoms. The maximum absolute atomic E-state index is 13.2. The Balaban J connectivity index is 2.20. The van der Waals surface area contributed by atoms with Crippen LogP contribution in [0.1, 0.15) is 30.9 Å². The number of anilines is 1. The summed E-state index contributed by atoms with van der Waals surface area (Å²) in [5, 5.41) is 3.14. The van der Waals surface area contributed by atoms with E-state index in [0.717, 1.165) is 21.3 Å². The molecule has 144 valence electrons. The number of nitrogens with zero attached hydrogens (tertiary/aromatic N) is 2. The minimum atomic E-state index is -0.649. The Morgan fingerprint density at radius 1 is 1.27 bits per heavy atom. The zero-order chi connectivity index (χ0) is 19.5. The van der Waals surface area contributed by atoms with E-state index in [-0.39, 0.29) is 12.0 Å². The molecule has 0 radical (unpaired) electrons. The van der Waals surface area contributed by atoms with E-state index in [0.29, 0.717) is 32.5 Å². The van der Waals surface area contributed by atoms with Gasteiger partial charge in [0.05, 0.1) is 6.61 Å². The highest BCUT2D eigenvalue weighted by molar-refractivity contribution is 9.10. The molecule has 1 aliphatic heterocycles. The van der Waals surface area contributed by atoms with Gasteiger partial charge >= 0.3 is 6.09 Å². The average molecular weight is 426 g/mol. The van der Waals surface area contributed by atoms with Crippen LogP contribution in [-0.4, -0.2) is 61.1 Å². The van der Waals surface area contributed by atoms with E-state index >= 15 is 0 Å². The van der Waals surface area contributed by atoms with Crippen molar-refractivity contribution in [3.05, 3.63) is 27.7 Å². The number of ether oxygens (including phenoxy) is 1. The molecule has 0 saturated carbocycles. The molecule has 0 unspecified atom stereocenters. The number of rotatable bonds is 4. The van der Waals surface area contributed by atoms with Crippen molar-refractivity contribution in [2.24, 2.45) is 0 Å². The summed E-state index contributed by atoms with van der Waals surface area (Å²) in [6.07, 6.45) is 0.826. The number of hydrogen-bond donors (Lipinski definition) is 1. The lowest BCUT2D eigenvalue weighted by atomic mass is 9.85. The molecule has 1 saturated heterocycles. The largest absolute Gasteiger partial charge is 0.450 e.